The highest BCUT2D eigenvalue weighted by atomic mass is 16.3. The molecule has 130 valence electrons. The molecule has 1 N–H and O–H groups in total. The van der Waals surface area contributed by atoms with Crippen LogP contribution in [0, 0.1) is 29.1 Å². The van der Waals surface area contributed by atoms with Crippen molar-refractivity contribution in [1.82, 2.24) is 9.38 Å². The van der Waals surface area contributed by atoms with Gasteiger partial charge < -0.3 is 10.0 Å². The Morgan fingerprint density at radius 3 is 2.69 bits per heavy atom. The summed E-state index contributed by atoms with van der Waals surface area (Å²) < 4.78 is 2.23. The van der Waals surface area contributed by atoms with Crippen LogP contribution in [-0.2, 0) is 12.8 Å². The summed E-state index contributed by atoms with van der Waals surface area (Å²) in [5.74, 6) is 2.99. The molecule has 3 aliphatic rings. The Kier molecular flexibility index (Phi) is 2.80. The molecule has 3 heterocycles. The maximum Gasteiger partial charge on any atom is 0.157 e. The van der Waals surface area contributed by atoms with Gasteiger partial charge in [0.1, 0.15) is 11.9 Å². The summed E-state index contributed by atoms with van der Waals surface area (Å²) in [4.78, 5) is 7.32. The number of anilines is 1. The summed E-state index contributed by atoms with van der Waals surface area (Å²) in [7, 11) is 0. The van der Waals surface area contributed by atoms with E-state index in [0.717, 1.165) is 54.6 Å². The van der Waals surface area contributed by atoms with E-state index in [1.54, 1.807) is 0 Å². The minimum absolute atomic E-state index is 0.318. The highest BCUT2D eigenvalue weighted by Gasteiger charge is 2.55. The lowest BCUT2D eigenvalue weighted by Gasteiger charge is -2.26. The van der Waals surface area contributed by atoms with Crippen LogP contribution < -0.4 is 4.90 Å². The normalized spacial score (nSPS) is 26.3. The van der Waals surface area contributed by atoms with Crippen molar-refractivity contribution in [2.24, 2.45) is 17.8 Å². The minimum atomic E-state index is 0.318. The van der Waals surface area contributed by atoms with Crippen molar-refractivity contribution in [1.29, 1.82) is 5.26 Å². The number of hydrogen-bond acceptors (Lipinski definition) is 4. The molecule has 0 amide bonds. The SMILES string of the molecule is N#Cc1c2c(c(N3C[C@@H]4[C@@H](CO)[C@@H]4C3)n3c1nc1ccccc13)CCC2. The molecule has 0 radical (unpaired) electrons. The fourth-order valence-electron chi connectivity index (χ4n) is 5.49. The first-order chi connectivity index (χ1) is 12.8. The molecule has 2 aliphatic carbocycles. The van der Waals surface area contributed by atoms with E-state index < -0.39 is 0 Å². The number of aromatic nitrogens is 2. The van der Waals surface area contributed by atoms with Crippen molar-refractivity contribution >= 4 is 22.5 Å². The Morgan fingerprint density at radius 2 is 1.92 bits per heavy atom. The number of para-hydroxylation sites is 2. The number of pyridine rings is 1. The summed E-state index contributed by atoms with van der Waals surface area (Å²) >= 11 is 0. The summed E-state index contributed by atoms with van der Waals surface area (Å²) in [5, 5.41) is 19.4. The molecule has 1 saturated carbocycles. The van der Waals surface area contributed by atoms with Gasteiger partial charge in [-0.1, -0.05) is 12.1 Å². The monoisotopic (exact) mass is 344 g/mol. The quantitative estimate of drug-likeness (QED) is 0.776. The van der Waals surface area contributed by atoms with E-state index in [1.807, 2.05) is 18.2 Å². The fourth-order valence-corrected chi connectivity index (χ4v) is 5.49. The number of hydrogen-bond donors (Lipinski definition) is 1. The molecule has 5 heteroatoms. The van der Waals surface area contributed by atoms with Crippen LogP contribution in [-0.4, -0.2) is 34.2 Å². The van der Waals surface area contributed by atoms with Gasteiger partial charge in [0, 0.05) is 19.7 Å². The van der Waals surface area contributed by atoms with Crippen LogP contribution in [0.1, 0.15) is 23.1 Å². The lowest BCUT2D eigenvalue weighted by atomic mass is 10.1. The second-order valence-electron chi connectivity index (χ2n) is 7.96. The number of imidazole rings is 1. The molecule has 3 aromatic rings. The van der Waals surface area contributed by atoms with Crippen molar-refractivity contribution < 1.29 is 5.11 Å². The van der Waals surface area contributed by atoms with E-state index in [0.29, 0.717) is 24.4 Å². The molecule has 26 heavy (non-hydrogen) atoms. The van der Waals surface area contributed by atoms with E-state index in [1.165, 1.54) is 16.9 Å². The predicted octanol–water partition coefficient (Wildman–Crippen LogP) is 2.52. The molecular weight excluding hydrogens is 324 g/mol. The van der Waals surface area contributed by atoms with Crippen molar-refractivity contribution in [2.45, 2.75) is 19.3 Å². The highest BCUT2D eigenvalue weighted by molar-refractivity contribution is 5.86. The van der Waals surface area contributed by atoms with E-state index in [4.69, 9.17) is 4.98 Å². The van der Waals surface area contributed by atoms with Crippen LogP contribution in [0.3, 0.4) is 0 Å². The van der Waals surface area contributed by atoms with Crippen LogP contribution in [0.4, 0.5) is 5.82 Å². The molecule has 6 rings (SSSR count). The van der Waals surface area contributed by atoms with Crippen molar-refractivity contribution in [3.05, 3.63) is 41.0 Å². The fraction of sp³-hybridized carbons (Fsp3) is 0.429. The molecule has 1 saturated heterocycles. The average molecular weight is 344 g/mol. The van der Waals surface area contributed by atoms with Crippen LogP contribution in [0.15, 0.2) is 24.3 Å². The number of piperidine rings is 1. The summed E-state index contributed by atoms with van der Waals surface area (Å²) in [6, 6.07) is 10.6. The number of aliphatic hydroxyl groups is 1. The Bertz CT molecular complexity index is 1100. The summed E-state index contributed by atoms with van der Waals surface area (Å²) in [5.41, 5.74) is 6.16. The summed E-state index contributed by atoms with van der Waals surface area (Å²) in [6.07, 6.45) is 3.13. The van der Waals surface area contributed by atoms with Gasteiger partial charge >= 0.3 is 0 Å². The smallest absolute Gasteiger partial charge is 0.157 e. The van der Waals surface area contributed by atoms with Crippen LogP contribution in [0.2, 0.25) is 0 Å². The molecule has 1 aliphatic heterocycles. The Labute approximate surface area is 151 Å². The third kappa shape index (κ3) is 1.70. The first-order valence-corrected chi connectivity index (χ1v) is 9.52. The molecule has 1 aromatic carbocycles. The highest BCUT2D eigenvalue weighted by Crippen LogP contribution is 2.53. The molecule has 0 bridgehead atoms. The second-order valence-corrected chi connectivity index (χ2v) is 7.96. The number of rotatable bonds is 2. The van der Waals surface area contributed by atoms with Gasteiger partial charge in [-0.3, -0.25) is 4.40 Å². The lowest BCUT2D eigenvalue weighted by Crippen LogP contribution is -2.28. The number of fused-ring (bicyclic) bond motifs is 5. The standard InChI is InChI=1S/C21H20N4O/c22-8-14-12-4-3-5-13(12)21(24-9-15-16(10-24)17(15)11-26)25-19-7-2-1-6-18(19)23-20(14)25/h1-2,6-7,15-17,26H,3-5,9-11H2/t15-,16+,17+. The number of nitriles is 1. The summed E-state index contributed by atoms with van der Waals surface area (Å²) in [6.45, 7) is 2.34. The van der Waals surface area contributed by atoms with E-state index in [9.17, 15) is 10.4 Å². The van der Waals surface area contributed by atoms with Crippen LogP contribution in [0.5, 0.6) is 0 Å². The van der Waals surface area contributed by atoms with E-state index >= 15 is 0 Å². The van der Waals surface area contributed by atoms with Crippen LogP contribution in [0.25, 0.3) is 16.7 Å². The largest absolute Gasteiger partial charge is 0.396 e. The molecule has 5 nitrogen and oxygen atoms in total. The van der Waals surface area contributed by atoms with Gasteiger partial charge in [-0.05, 0) is 60.3 Å². The number of benzene rings is 1. The van der Waals surface area contributed by atoms with Gasteiger partial charge in [0.05, 0.1) is 16.6 Å². The maximum atomic E-state index is 9.85. The molecule has 2 fully saturated rings. The zero-order valence-electron chi connectivity index (χ0n) is 14.5. The Balaban J connectivity index is 1.64. The third-order valence-electron chi connectivity index (χ3n) is 6.78. The first-order valence-electron chi connectivity index (χ1n) is 9.52. The van der Waals surface area contributed by atoms with Gasteiger partial charge in [0.2, 0.25) is 0 Å². The maximum absolute atomic E-state index is 9.85. The third-order valence-corrected chi connectivity index (χ3v) is 6.78. The molecule has 2 aromatic heterocycles. The zero-order chi connectivity index (χ0) is 17.4. The molecule has 3 atom stereocenters. The molecule has 0 spiro atoms. The first kappa shape index (κ1) is 14.6. The Morgan fingerprint density at radius 1 is 1.15 bits per heavy atom. The van der Waals surface area contributed by atoms with Gasteiger partial charge in [-0.15, -0.1) is 0 Å². The zero-order valence-corrected chi connectivity index (χ0v) is 14.5. The van der Waals surface area contributed by atoms with Crippen molar-refractivity contribution in [3.63, 3.8) is 0 Å². The minimum Gasteiger partial charge on any atom is -0.396 e. The van der Waals surface area contributed by atoms with E-state index in [2.05, 4.69) is 21.4 Å². The van der Waals surface area contributed by atoms with Gasteiger partial charge in [0.15, 0.2) is 5.65 Å². The van der Waals surface area contributed by atoms with Gasteiger partial charge in [-0.2, -0.15) is 5.26 Å². The Hall–Kier alpha value is -2.58. The van der Waals surface area contributed by atoms with E-state index in [-0.39, 0.29) is 0 Å². The molecular formula is C21H20N4O. The number of nitrogens with zero attached hydrogens (tertiary/aromatic N) is 4. The topological polar surface area (TPSA) is 64.6 Å². The van der Waals surface area contributed by atoms with Crippen molar-refractivity contribution in [3.8, 4) is 6.07 Å². The molecule has 0 unspecified atom stereocenters. The number of aliphatic hydroxyl groups excluding tert-OH is 1. The van der Waals surface area contributed by atoms with Crippen molar-refractivity contribution in [2.75, 3.05) is 24.6 Å². The van der Waals surface area contributed by atoms with Gasteiger partial charge in [0.25, 0.3) is 0 Å². The average Bonchev–Trinajstić information content (AvgIpc) is 3.12. The van der Waals surface area contributed by atoms with Gasteiger partial charge in [-0.25, -0.2) is 4.98 Å². The van der Waals surface area contributed by atoms with Crippen LogP contribution >= 0.6 is 0 Å². The second kappa shape index (κ2) is 4.99. The lowest BCUT2D eigenvalue weighted by molar-refractivity contribution is 0.260. The predicted molar refractivity (Wildman–Crippen MR) is 99.2 cm³/mol.